The topological polar surface area (TPSA) is 54.9 Å². The lowest BCUT2D eigenvalue weighted by molar-refractivity contribution is 0.0985. The van der Waals surface area contributed by atoms with Crippen molar-refractivity contribution in [3.8, 4) is 11.5 Å². The molecule has 0 spiro atoms. The Bertz CT molecular complexity index is 965. The summed E-state index contributed by atoms with van der Waals surface area (Å²) in [4.78, 5) is 22.0. The van der Waals surface area contributed by atoms with Crippen LogP contribution in [0, 0.1) is 3.57 Å². The predicted molar refractivity (Wildman–Crippen MR) is 127 cm³/mol. The maximum Gasteiger partial charge on any atom is 0.261 e. The third-order valence-corrected chi connectivity index (χ3v) is 6.43. The van der Waals surface area contributed by atoms with Crippen molar-refractivity contribution < 1.29 is 14.3 Å². The van der Waals surface area contributed by atoms with Gasteiger partial charge >= 0.3 is 0 Å². The zero-order valence-corrected chi connectivity index (χ0v) is 19.9. The monoisotopic (exact) mass is 525 g/mol. The molecule has 0 aliphatic carbocycles. The molecule has 0 N–H and O–H groups in total. The maximum absolute atomic E-state index is 13.4. The van der Waals surface area contributed by atoms with Gasteiger partial charge in [0.05, 0.1) is 30.0 Å². The van der Waals surface area contributed by atoms with E-state index in [0.29, 0.717) is 28.7 Å². The lowest BCUT2D eigenvalue weighted by Gasteiger charge is -2.21. The Labute approximate surface area is 188 Å². The van der Waals surface area contributed by atoms with Gasteiger partial charge in [-0.3, -0.25) is 9.69 Å². The van der Waals surface area contributed by atoms with Gasteiger partial charge in [0.15, 0.2) is 16.6 Å². The highest BCUT2D eigenvalue weighted by molar-refractivity contribution is 14.1. The number of halogens is 1. The van der Waals surface area contributed by atoms with Crippen molar-refractivity contribution in [2.24, 2.45) is 0 Å². The molecule has 1 amide bonds. The van der Waals surface area contributed by atoms with E-state index in [0.717, 1.165) is 26.8 Å². The molecule has 1 heterocycles. The number of aromatic nitrogens is 1. The minimum Gasteiger partial charge on any atom is -0.493 e. The van der Waals surface area contributed by atoms with Crippen molar-refractivity contribution in [2.45, 2.75) is 6.42 Å². The maximum atomic E-state index is 13.4. The summed E-state index contributed by atoms with van der Waals surface area (Å²) >= 11 is 3.69. The van der Waals surface area contributed by atoms with Gasteiger partial charge in [-0.1, -0.05) is 23.5 Å². The summed E-state index contributed by atoms with van der Waals surface area (Å²) in [5, 5.41) is 0.679. The number of anilines is 1. The van der Waals surface area contributed by atoms with E-state index in [1.807, 2.05) is 50.5 Å². The summed E-state index contributed by atoms with van der Waals surface area (Å²) in [6.07, 6.45) is 0.852. The molecule has 0 saturated heterocycles. The Morgan fingerprint density at radius 1 is 1.10 bits per heavy atom. The van der Waals surface area contributed by atoms with Crippen LogP contribution in [0.25, 0.3) is 10.2 Å². The first kappa shape index (κ1) is 21.8. The minimum absolute atomic E-state index is 0.0354. The van der Waals surface area contributed by atoms with E-state index in [1.165, 1.54) is 11.3 Å². The second-order valence-corrected chi connectivity index (χ2v) is 8.94. The number of carbonyl (C=O) groups is 1. The predicted octanol–water partition coefficient (Wildman–Crippen LogP) is 4.52. The molecule has 29 heavy (non-hydrogen) atoms. The van der Waals surface area contributed by atoms with Crippen LogP contribution in [-0.2, 0) is 0 Å². The number of hydrogen-bond acceptors (Lipinski definition) is 6. The molecule has 0 radical (unpaired) electrons. The number of methoxy groups -OCH3 is 2. The number of nitrogens with zero attached hydrogens (tertiary/aromatic N) is 3. The molecule has 8 heteroatoms. The second kappa shape index (κ2) is 9.73. The Morgan fingerprint density at radius 3 is 2.45 bits per heavy atom. The standard InChI is InChI=1S/C21H24IN3O3S/c1-24(2)10-7-11-25(20(26)14-8-5-6-9-15(14)22)21-23-16-12-17(27-3)18(28-4)13-19(16)29-21/h5-6,8-9,12-13H,7,10-11H2,1-4H3. The van der Waals surface area contributed by atoms with Crippen LogP contribution in [0.4, 0.5) is 5.13 Å². The molecule has 0 atom stereocenters. The van der Waals surface area contributed by atoms with Gasteiger partial charge in [0.2, 0.25) is 0 Å². The van der Waals surface area contributed by atoms with Crippen molar-refractivity contribution >= 4 is 55.2 Å². The number of benzene rings is 2. The highest BCUT2D eigenvalue weighted by Gasteiger charge is 2.23. The first-order chi connectivity index (χ1) is 13.9. The molecule has 0 unspecified atom stereocenters. The summed E-state index contributed by atoms with van der Waals surface area (Å²) in [6.45, 7) is 1.48. The Balaban J connectivity index is 2.01. The lowest BCUT2D eigenvalue weighted by atomic mass is 10.2. The van der Waals surface area contributed by atoms with Gasteiger partial charge in [-0.05, 0) is 61.8 Å². The van der Waals surface area contributed by atoms with Crippen LogP contribution < -0.4 is 14.4 Å². The highest BCUT2D eigenvalue weighted by atomic mass is 127. The molecule has 0 aliphatic rings. The fraction of sp³-hybridized carbons (Fsp3) is 0.333. The summed E-state index contributed by atoms with van der Waals surface area (Å²) < 4.78 is 12.7. The highest BCUT2D eigenvalue weighted by Crippen LogP contribution is 2.37. The van der Waals surface area contributed by atoms with Crippen molar-refractivity contribution in [1.82, 2.24) is 9.88 Å². The average Bonchev–Trinajstić information content (AvgIpc) is 3.12. The molecule has 6 nitrogen and oxygen atoms in total. The molecule has 0 aliphatic heterocycles. The summed E-state index contributed by atoms with van der Waals surface area (Å²) in [5.74, 6) is 1.24. The third-order valence-electron chi connectivity index (χ3n) is 4.45. The first-order valence-electron chi connectivity index (χ1n) is 9.18. The van der Waals surface area contributed by atoms with E-state index in [1.54, 1.807) is 19.1 Å². The van der Waals surface area contributed by atoms with Crippen LogP contribution >= 0.6 is 33.9 Å². The molecule has 3 rings (SSSR count). The van der Waals surface area contributed by atoms with Crippen LogP contribution in [0.5, 0.6) is 11.5 Å². The van der Waals surface area contributed by atoms with Crippen LogP contribution in [0.3, 0.4) is 0 Å². The number of rotatable bonds is 8. The molecule has 0 fully saturated rings. The largest absolute Gasteiger partial charge is 0.493 e. The Kier molecular flexibility index (Phi) is 7.31. The smallest absolute Gasteiger partial charge is 0.261 e. The van der Waals surface area contributed by atoms with E-state index in [2.05, 4.69) is 27.5 Å². The van der Waals surface area contributed by atoms with Crippen LogP contribution in [0.1, 0.15) is 16.8 Å². The molecule has 2 aromatic carbocycles. The molecule has 1 aromatic heterocycles. The van der Waals surface area contributed by atoms with Crippen molar-refractivity contribution in [3.05, 3.63) is 45.5 Å². The lowest BCUT2D eigenvalue weighted by Crippen LogP contribution is -2.33. The Morgan fingerprint density at radius 2 is 1.79 bits per heavy atom. The van der Waals surface area contributed by atoms with E-state index >= 15 is 0 Å². The number of ether oxygens (including phenoxy) is 2. The molecular weight excluding hydrogens is 501 g/mol. The summed E-state index contributed by atoms with van der Waals surface area (Å²) in [5.41, 5.74) is 1.48. The number of thiazole rings is 1. The molecule has 0 saturated carbocycles. The van der Waals surface area contributed by atoms with E-state index in [9.17, 15) is 4.79 Å². The number of carbonyl (C=O) groups excluding carboxylic acids is 1. The molecule has 3 aromatic rings. The van der Waals surface area contributed by atoms with Gasteiger partial charge in [-0.2, -0.15) is 0 Å². The Hall–Kier alpha value is -1.91. The molecular formula is C21H24IN3O3S. The van der Waals surface area contributed by atoms with Gasteiger partial charge in [-0.15, -0.1) is 0 Å². The average molecular weight is 525 g/mol. The fourth-order valence-corrected chi connectivity index (χ4v) is 4.59. The SMILES string of the molecule is COc1cc2nc(N(CCCN(C)C)C(=O)c3ccccc3I)sc2cc1OC. The van der Waals surface area contributed by atoms with E-state index < -0.39 is 0 Å². The number of hydrogen-bond donors (Lipinski definition) is 0. The number of fused-ring (bicyclic) bond motifs is 1. The van der Waals surface area contributed by atoms with Gasteiger partial charge < -0.3 is 14.4 Å². The van der Waals surface area contributed by atoms with Crippen LogP contribution in [0.15, 0.2) is 36.4 Å². The zero-order chi connectivity index (χ0) is 21.0. The second-order valence-electron chi connectivity index (χ2n) is 6.76. The first-order valence-corrected chi connectivity index (χ1v) is 11.1. The van der Waals surface area contributed by atoms with Crippen molar-refractivity contribution in [1.29, 1.82) is 0 Å². The van der Waals surface area contributed by atoms with Crippen LogP contribution in [0.2, 0.25) is 0 Å². The molecule has 154 valence electrons. The number of amides is 1. The van der Waals surface area contributed by atoms with Gasteiger partial charge in [-0.25, -0.2) is 4.98 Å². The van der Waals surface area contributed by atoms with Crippen LogP contribution in [-0.4, -0.2) is 57.2 Å². The van der Waals surface area contributed by atoms with Crippen molar-refractivity contribution in [2.75, 3.05) is 46.3 Å². The van der Waals surface area contributed by atoms with E-state index in [4.69, 9.17) is 14.5 Å². The summed E-state index contributed by atoms with van der Waals surface area (Å²) in [7, 11) is 7.27. The van der Waals surface area contributed by atoms with Gasteiger partial charge in [0.1, 0.15) is 0 Å². The third kappa shape index (κ3) is 4.99. The fourth-order valence-electron chi connectivity index (χ4n) is 2.97. The summed E-state index contributed by atoms with van der Waals surface area (Å²) in [6, 6.07) is 11.4. The van der Waals surface area contributed by atoms with Gasteiger partial charge in [0.25, 0.3) is 5.91 Å². The molecule has 0 bridgehead atoms. The van der Waals surface area contributed by atoms with Gasteiger partial charge in [0, 0.05) is 22.2 Å². The van der Waals surface area contributed by atoms with Crippen molar-refractivity contribution in [3.63, 3.8) is 0 Å². The quantitative estimate of drug-likeness (QED) is 0.405. The minimum atomic E-state index is -0.0354. The zero-order valence-electron chi connectivity index (χ0n) is 16.9. The van der Waals surface area contributed by atoms with E-state index in [-0.39, 0.29) is 5.91 Å². The normalized spacial score (nSPS) is 11.1.